The molecule has 2 N–H and O–H groups in total. The minimum Gasteiger partial charge on any atom is -0.439 e. The summed E-state index contributed by atoms with van der Waals surface area (Å²) < 4.78 is 21.2. The summed E-state index contributed by atoms with van der Waals surface area (Å²) in [6, 6.07) is 11.8. The van der Waals surface area contributed by atoms with Gasteiger partial charge in [-0.3, -0.25) is 4.68 Å². The fourth-order valence-electron chi connectivity index (χ4n) is 3.12. The van der Waals surface area contributed by atoms with Crippen LogP contribution in [0, 0.1) is 19.7 Å². The van der Waals surface area contributed by atoms with Gasteiger partial charge in [0.2, 0.25) is 5.88 Å². The first-order valence-corrected chi connectivity index (χ1v) is 10.5. The highest BCUT2D eigenvalue weighted by Gasteiger charge is 2.08. The standard InChI is InChI=1S/C23H29FN6O.HI/c1-4-25-23(27-12-7-13-30-18(3)14-17(2)29-30)28-16-19-8-6-11-26-22(19)31-21-10-5-9-20(24)15-21;/h5-6,8-11,14-15H,4,7,12-13,16H2,1-3H3,(H2,25,27,28);1H. The van der Waals surface area contributed by atoms with Crippen molar-refractivity contribution in [3.05, 3.63) is 71.4 Å². The molecule has 0 aliphatic rings. The van der Waals surface area contributed by atoms with Crippen molar-refractivity contribution in [3.63, 3.8) is 0 Å². The van der Waals surface area contributed by atoms with Gasteiger partial charge in [-0.05, 0) is 51.5 Å². The van der Waals surface area contributed by atoms with Gasteiger partial charge in [0.15, 0.2) is 5.96 Å². The molecule has 32 heavy (non-hydrogen) atoms. The van der Waals surface area contributed by atoms with Crippen LogP contribution in [0.15, 0.2) is 53.7 Å². The highest BCUT2D eigenvalue weighted by molar-refractivity contribution is 14.0. The molecule has 0 fully saturated rings. The van der Waals surface area contributed by atoms with E-state index in [0.29, 0.717) is 18.2 Å². The normalized spacial score (nSPS) is 11.1. The third-order valence-corrected chi connectivity index (χ3v) is 4.55. The molecule has 0 radical (unpaired) electrons. The summed E-state index contributed by atoms with van der Waals surface area (Å²) in [5.41, 5.74) is 3.01. The highest BCUT2D eigenvalue weighted by Crippen LogP contribution is 2.23. The van der Waals surface area contributed by atoms with E-state index < -0.39 is 0 Å². The summed E-state index contributed by atoms with van der Waals surface area (Å²) >= 11 is 0. The Morgan fingerprint density at radius 3 is 2.72 bits per heavy atom. The molecule has 0 aliphatic heterocycles. The van der Waals surface area contributed by atoms with Gasteiger partial charge in [-0.1, -0.05) is 12.1 Å². The number of benzene rings is 1. The summed E-state index contributed by atoms with van der Waals surface area (Å²) in [6.45, 7) is 8.84. The average molecular weight is 552 g/mol. The summed E-state index contributed by atoms with van der Waals surface area (Å²) in [6.07, 6.45) is 2.57. The Hall–Kier alpha value is -2.69. The number of aromatic nitrogens is 3. The van der Waals surface area contributed by atoms with E-state index in [1.54, 1.807) is 18.3 Å². The maximum Gasteiger partial charge on any atom is 0.224 e. The number of ether oxygens (including phenoxy) is 1. The van der Waals surface area contributed by atoms with Gasteiger partial charge in [0.05, 0.1) is 12.2 Å². The Morgan fingerprint density at radius 2 is 2.00 bits per heavy atom. The van der Waals surface area contributed by atoms with Crippen molar-refractivity contribution in [1.29, 1.82) is 0 Å². The number of hydrogen-bond acceptors (Lipinski definition) is 4. The van der Waals surface area contributed by atoms with Gasteiger partial charge in [-0.15, -0.1) is 24.0 Å². The number of nitrogens with one attached hydrogen (secondary N) is 2. The predicted octanol–water partition coefficient (Wildman–Crippen LogP) is 4.59. The third-order valence-electron chi connectivity index (χ3n) is 4.55. The monoisotopic (exact) mass is 552 g/mol. The van der Waals surface area contributed by atoms with Gasteiger partial charge in [0.25, 0.3) is 0 Å². The number of aryl methyl sites for hydroxylation is 3. The quantitative estimate of drug-likeness (QED) is 0.176. The van der Waals surface area contributed by atoms with Crippen LogP contribution >= 0.6 is 24.0 Å². The van der Waals surface area contributed by atoms with Crippen molar-refractivity contribution in [2.75, 3.05) is 13.1 Å². The number of halogens is 2. The van der Waals surface area contributed by atoms with Gasteiger partial charge >= 0.3 is 0 Å². The first-order chi connectivity index (χ1) is 15.0. The van der Waals surface area contributed by atoms with Crippen molar-refractivity contribution in [1.82, 2.24) is 25.4 Å². The lowest BCUT2D eigenvalue weighted by atomic mass is 10.2. The number of guanidine groups is 1. The first kappa shape index (κ1) is 25.6. The van der Waals surface area contributed by atoms with Crippen molar-refractivity contribution in [3.8, 4) is 11.6 Å². The molecule has 0 unspecified atom stereocenters. The molecule has 0 aliphatic carbocycles. The molecule has 1 aromatic carbocycles. The maximum atomic E-state index is 13.4. The Bertz CT molecular complexity index is 1020. The lowest BCUT2D eigenvalue weighted by molar-refractivity contribution is 0.452. The van der Waals surface area contributed by atoms with Gasteiger partial charge < -0.3 is 15.4 Å². The van der Waals surface area contributed by atoms with Crippen LogP contribution in [0.25, 0.3) is 0 Å². The van der Waals surface area contributed by atoms with E-state index in [4.69, 9.17) is 4.74 Å². The van der Waals surface area contributed by atoms with Gasteiger partial charge in [-0.2, -0.15) is 5.10 Å². The molecule has 2 aromatic heterocycles. The van der Waals surface area contributed by atoms with E-state index >= 15 is 0 Å². The minimum absolute atomic E-state index is 0. The molecule has 3 rings (SSSR count). The highest BCUT2D eigenvalue weighted by atomic mass is 127. The average Bonchev–Trinajstić information content (AvgIpc) is 3.07. The Balaban J connectivity index is 0.00000363. The zero-order valence-corrected chi connectivity index (χ0v) is 21.0. The molecule has 0 bridgehead atoms. The molecule has 7 nitrogen and oxygen atoms in total. The van der Waals surface area contributed by atoms with Gasteiger partial charge in [0, 0.05) is 43.2 Å². The molecule has 0 saturated heterocycles. The van der Waals surface area contributed by atoms with Crippen LogP contribution in [0.4, 0.5) is 4.39 Å². The molecule has 0 amide bonds. The Morgan fingerprint density at radius 1 is 1.16 bits per heavy atom. The zero-order valence-electron chi connectivity index (χ0n) is 18.6. The number of rotatable bonds is 9. The van der Waals surface area contributed by atoms with Crippen molar-refractivity contribution in [2.45, 2.75) is 40.3 Å². The van der Waals surface area contributed by atoms with Crippen LogP contribution in [0.5, 0.6) is 11.6 Å². The lowest BCUT2D eigenvalue weighted by Crippen LogP contribution is -2.38. The van der Waals surface area contributed by atoms with Crippen molar-refractivity contribution >= 4 is 29.9 Å². The van der Waals surface area contributed by atoms with Crippen molar-refractivity contribution in [2.24, 2.45) is 4.99 Å². The second-order valence-corrected chi connectivity index (χ2v) is 7.15. The van der Waals surface area contributed by atoms with Crippen LogP contribution in [-0.4, -0.2) is 33.8 Å². The summed E-state index contributed by atoms with van der Waals surface area (Å²) in [5.74, 6) is 1.18. The Labute approximate surface area is 205 Å². The fourth-order valence-corrected chi connectivity index (χ4v) is 3.12. The molecule has 0 saturated carbocycles. The maximum absolute atomic E-state index is 13.4. The molecule has 9 heteroatoms. The molecule has 0 atom stereocenters. The number of hydrogen-bond donors (Lipinski definition) is 2. The van der Waals surface area contributed by atoms with Crippen LogP contribution in [0.3, 0.4) is 0 Å². The summed E-state index contributed by atoms with van der Waals surface area (Å²) in [4.78, 5) is 8.93. The van der Waals surface area contributed by atoms with Crippen LogP contribution in [0.2, 0.25) is 0 Å². The van der Waals surface area contributed by atoms with E-state index in [0.717, 1.165) is 43.3 Å². The SMILES string of the molecule is CCNC(=NCc1cccnc1Oc1cccc(F)c1)NCCCn1nc(C)cc1C.I. The fraction of sp³-hybridized carbons (Fsp3) is 0.348. The zero-order chi connectivity index (χ0) is 22.1. The molecular weight excluding hydrogens is 522 g/mol. The number of pyridine rings is 1. The van der Waals surface area contributed by atoms with E-state index in [1.165, 1.54) is 17.8 Å². The second kappa shape index (κ2) is 13.0. The van der Waals surface area contributed by atoms with E-state index in [2.05, 4.69) is 38.7 Å². The van der Waals surface area contributed by atoms with E-state index in [1.807, 2.05) is 30.7 Å². The van der Waals surface area contributed by atoms with Crippen molar-refractivity contribution < 1.29 is 9.13 Å². The van der Waals surface area contributed by atoms with E-state index in [9.17, 15) is 4.39 Å². The predicted molar refractivity (Wildman–Crippen MR) is 135 cm³/mol. The number of nitrogens with zero attached hydrogens (tertiary/aromatic N) is 4. The minimum atomic E-state index is -0.355. The topological polar surface area (TPSA) is 76.4 Å². The first-order valence-electron chi connectivity index (χ1n) is 10.5. The lowest BCUT2D eigenvalue weighted by Gasteiger charge is -2.13. The molecule has 3 aromatic rings. The molecule has 0 spiro atoms. The van der Waals surface area contributed by atoms with Crippen LogP contribution in [-0.2, 0) is 13.1 Å². The molecule has 2 heterocycles. The van der Waals surface area contributed by atoms with Crippen LogP contribution < -0.4 is 15.4 Å². The van der Waals surface area contributed by atoms with Gasteiger partial charge in [-0.25, -0.2) is 14.4 Å². The molecule has 172 valence electrons. The van der Waals surface area contributed by atoms with Gasteiger partial charge in [0.1, 0.15) is 11.6 Å². The van der Waals surface area contributed by atoms with E-state index in [-0.39, 0.29) is 29.8 Å². The second-order valence-electron chi connectivity index (χ2n) is 7.15. The van der Waals surface area contributed by atoms with Crippen LogP contribution in [0.1, 0.15) is 30.3 Å². The smallest absolute Gasteiger partial charge is 0.224 e. The molecular formula is C23H30FIN6O. The number of aliphatic imine (C=N–C) groups is 1. The largest absolute Gasteiger partial charge is 0.439 e. The summed E-state index contributed by atoms with van der Waals surface area (Å²) in [5, 5.41) is 11.1. The third kappa shape index (κ3) is 7.77. The Kier molecular flexibility index (Phi) is 10.4. The summed E-state index contributed by atoms with van der Waals surface area (Å²) in [7, 11) is 0.